The maximum absolute atomic E-state index is 11.8. The molecule has 1 saturated heterocycles. The Kier molecular flexibility index (Phi) is 3.75. The average Bonchev–Trinajstić information content (AvgIpc) is 2.46. The number of hydrogen-bond donors (Lipinski definition) is 1. The van der Waals surface area contributed by atoms with E-state index in [0.717, 1.165) is 0 Å². The smallest absolute Gasteiger partial charge is 0.244 e. The normalized spacial score (nSPS) is 19.1. The fourth-order valence-electron chi connectivity index (χ4n) is 1.99. The fraction of sp³-hybridized carbons (Fsp3) is 0.417. The molecule has 1 amide bonds. The van der Waals surface area contributed by atoms with Crippen LogP contribution in [0.3, 0.4) is 0 Å². The van der Waals surface area contributed by atoms with E-state index >= 15 is 0 Å². The first-order valence-electron chi connectivity index (χ1n) is 5.68. The second-order valence-corrected chi connectivity index (χ2v) is 3.90. The molecule has 1 aromatic rings. The molecule has 2 rings (SSSR count). The molecule has 6 heteroatoms. The first-order valence-corrected chi connectivity index (χ1v) is 5.68. The predicted molar refractivity (Wildman–Crippen MR) is 65.0 cm³/mol. The summed E-state index contributed by atoms with van der Waals surface area (Å²) in [6, 6.07) is 3.34. The van der Waals surface area contributed by atoms with Crippen LogP contribution in [-0.2, 0) is 9.53 Å². The molecule has 1 atom stereocenters. The first kappa shape index (κ1) is 12.3. The first-order chi connectivity index (χ1) is 8.77. The predicted octanol–water partition coefficient (Wildman–Crippen LogP) is -0.0955. The highest BCUT2D eigenvalue weighted by atomic mass is 16.5. The van der Waals surface area contributed by atoms with Gasteiger partial charge in [0.05, 0.1) is 30.7 Å². The van der Waals surface area contributed by atoms with Gasteiger partial charge in [-0.2, -0.15) is 5.26 Å². The second-order valence-electron chi connectivity index (χ2n) is 3.90. The van der Waals surface area contributed by atoms with Gasteiger partial charge in [-0.05, 0) is 6.07 Å². The molecular weight excluding hydrogens is 232 g/mol. The number of nitriles is 1. The summed E-state index contributed by atoms with van der Waals surface area (Å²) in [5.41, 5.74) is 1.19. The zero-order valence-electron chi connectivity index (χ0n) is 10.1. The van der Waals surface area contributed by atoms with Gasteiger partial charge in [0.15, 0.2) is 0 Å². The minimum atomic E-state index is -0.417. The van der Waals surface area contributed by atoms with Gasteiger partial charge in [0.1, 0.15) is 12.1 Å². The lowest BCUT2D eigenvalue weighted by atomic mass is 10.1. The summed E-state index contributed by atoms with van der Waals surface area (Å²) in [5, 5.41) is 11.7. The molecule has 1 aliphatic heterocycles. The Balaban J connectivity index is 2.34. The molecule has 0 radical (unpaired) electrons. The van der Waals surface area contributed by atoms with Crippen molar-refractivity contribution in [2.45, 2.75) is 6.04 Å². The molecule has 0 spiro atoms. The number of carbonyl (C=O) groups excluding carboxylic acids is 1. The van der Waals surface area contributed by atoms with Crippen LogP contribution in [0.1, 0.15) is 5.56 Å². The van der Waals surface area contributed by atoms with Crippen LogP contribution in [0, 0.1) is 11.3 Å². The summed E-state index contributed by atoms with van der Waals surface area (Å²) in [5.74, 6) is -0.123. The van der Waals surface area contributed by atoms with Crippen molar-refractivity contribution in [1.29, 1.82) is 5.26 Å². The van der Waals surface area contributed by atoms with Crippen LogP contribution < -0.4 is 10.2 Å². The van der Waals surface area contributed by atoms with Gasteiger partial charge in [-0.3, -0.25) is 9.78 Å². The highest BCUT2D eigenvalue weighted by molar-refractivity contribution is 5.85. The summed E-state index contributed by atoms with van der Waals surface area (Å²) < 4.78 is 5.32. The number of amides is 1. The third-order valence-corrected chi connectivity index (χ3v) is 2.91. The Morgan fingerprint density at radius 3 is 3.28 bits per heavy atom. The van der Waals surface area contributed by atoms with Crippen molar-refractivity contribution in [2.75, 3.05) is 31.7 Å². The summed E-state index contributed by atoms with van der Waals surface area (Å²) in [6.45, 7) is 1.42. The molecule has 1 N–H and O–H groups in total. The molecule has 1 unspecified atom stereocenters. The average molecular weight is 246 g/mol. The quantitative estimate of drug-likeness (QED) is 0.788. The number of hydrogen-bond acceptors (Lipinski definition) is 5. The van der Waals surface area contributed by atoms with E-state index in [1.165, 1.54) is 0 Å². The molecule has 0 saturated carbocycles. The molecule has 18 heavy (non-hydrogen) atoms. The zero-order valence-corrected chi connectivity index (χ0v) is 10.1. The summed E-state index contributed by atoms with van der Waals surface area (Å²) >= 11 is 0. The number of morpholine rings is 1. The topological polar surface area (TPSA) is 78.2 Å². The number of ether oxygens (including phenoxy) is 1. The third kappa shape index (κ3) is 2.26. The number of rotatable bonds is 2. The zero-order chi connectivity index (χ0) is 13.0. The van der Waals surface area contributed by atoms with Gasteiger partial charge in [-0.25, -0.2) is 0 Å². The van der Waals surface area contributed by atoms with Crippen LogP contribution in [0.5, 0.6) is 0 Å². The van der Waals surface area contributed by atoms with Crippen molar-refractivity contribution < 1.29 is 9.53 Å². The van der Waals surface area contributed by atoms with Crippen molar-refractivity contribution in [3.05, 3.63) is 24.0 Å². The van der Waals surface area contributed by atoms with Crippen molar-refractivity contribution in [3.63, 3.8) is 0 Å². The monoisotopic (exact) mass is 246 g/mol. The van der Waals surface area contributed by atoms with Crippen LogP contribution in [0.25, 0.3) is 0 Å². The van der Waals surface area contributed by atoms with E-state index in [2.05, 4.69) is 16.4 Å². The fourth-order valence-corrected chi connectivity index (χ4v) is 1.99. The molecule has 1 fully saturated rings. The maximum atomic E-state index is 11.8. The Hall–Kier alpha value is -2.13. The molecule has 0 aliphatic carbocycles. The lowest BCUT2D eigenvalue weighted by molar-refractivity contribution is -0.124. The lowest BCUT2D eigenvalue weighted by Gasteiger charge is -2.36. The highest BCUT2D eigenvalue weighted by Gasteiger charge is 2.30. The Labute approximate surface area is 105 Å². The van der Waals surface area contributed by atoms with Crippen molar-refractivity contribution in [3.8, 4) is 6.07 Å². The molecule has 1 aromatic heterocycles. The highest BCUT2D eigenvalue weighted by Crippen LogP contribution is 2.22. The number of nitrogens with one attached hydrogen (secondary N) is 1. The van der Waals surface area contributed by atoms with Gasteiger partial charge in [-0.1, -0.05) is 0 Å². The van der Waals surface area contributed by atoms with Crippen molar-refractivity contribution in [2.24, 2.45) is 0 Å². The van der Waals surface area contributed by atoms with E-state index in [4.69, 9.17) is 10.00 Å². The summed E-state index contributed by atoms with van der Waals surface area (Å²) in [6.07, 6.45) is 3.18. The van der Waals surface area contributed by atoms with Crippen LogP contribution in [-0.4, -0.2) is 43.7 Å². The van der Waals surface area contributed by atoms with E-state index in [1.807, 2.05) is 4.90 Å². The van der Waals surface area contributed by atoms with E-state index in [9.17, 15) is 4.79 Å². The minimum Gasteiger partial charge on any atom is -0.377 e. The van der Waals surface area contributed by atoms with Gasteiger partial charge in [0.25, 0.3) is 0 Å². The number of anilines is 1. The lowest BCUT2D eigenvalue weighted by Crippen LogP contribution is -2.53. The van der Waals surface area contributed by atoms with E-state index in [-0.39, 0.29) is 5.91 Å². The second kappa shape index (κ2) is 5.47. The van der Waals surface area contributed by atoms with Gasteiger partial charge in [0.2, 0.25) is 5.91 Å². The minimum absolute atomic E-state index is 0.123. The number of nitrogens with zero attached hydrogens (tertiary/aromatic N) is 3. The Morgan fingerprint density at radius 1 is 1.72 bits per heavy atom. The Morgan fingerprint density at radius 2 is 2.56 bits per heavy atom. The van der Waals surface area contributed by atoms with E-state index in [1.54, 1.807) is 25.5 Å². The van der Waals surface area contributed by atoms with Crippen molar-refractivity contribution in [1.82, 2.24) is 10.3 Å². The maximum Gasteiger partial charge on any atom is 0.244 e. The Bertz CT molecular complexity index is 483. The number of carbonyl (C=O) groups is 1. The van der Waals surface area contributed by atoms with Gasteiger partial charge in [-0.15, -0.1) is 0 Å². The molecule has 2 heterocycles. The molecular formula is C12H14N4O2. The molecule has 0 aromatic carbocycles. The molecule has 94 valence electrons. The number of aromatic nitrogens is 1. The van der Waals surface area contributed by atoms with Gasteiger partial charge in [0, 0.05) is 19.8 Å². The standard InChI is InChI=1S/C12H14N4O2/c1-14-12(17)11-8-18-5-4-16(11)10-7-15-3-2-9(10)6-13/h2-3,7,11H,4-5,8H2,1H3,(H,14,17). The van der Waals surface area contributed by atoms with Crippen LogP contribution in [0.15, 0.2) is 18.5 Å². The molecule has 0 bridgehead atoms. The van der Waals surface area contributed by atoms with E-state index in [0.29, 0.717) is 31.0 Å². The number of pyridine rings is 1. The SMILES string of the molecule is CNC(=O)C1COCCN1c1cnccc1C#N. The third-order valence-electron chi connectivity index (χ3n) is 2.91. The van der Waals surface area contributed by atoms with Crippen LogP contribution in [0.4, 0.5) is 5.69 Å². The number of likely N-dealkylation sites (N-methyl/N-ethyl adjacent to an activating group) is 1. The van der Waals surface area contributed by atoms with Crippen molar-refractivity contribution >= 4 is 11.6 Å². The van der Waals surface area contributed by atoms with Gasteiger partial charge < -0.3 is 15.0 Å². The molecule has 1 aliphatic rings. The van der Waals surface area contributed by atoms with Crippen LogP contribution >= 0.6 is 0 Å². The summed E-state index contributed by atoms with van der Waals surface area (Å²) in [4.78, 5) is 17.7. The van der Waals surface area contributed by atoms with Gasteiger partial charge >= 0.3 is 0 Å². The van der Waals surface area contributed by atoms with Crippen LogP contribution in [0.2, 0.25) is 0 Å². The summed E-state index contributed by atoms with van der Waals surface area (Å²) in [7, 11) is 1.59. The molecule has 6 nitrogen and oxygen atoms in total. The van der Waals surface area contributed by atoms with E-state index < -0.39 is 6.04 Å². The largest absolute Gasteiger partial charge is 0.377 e.